The molecule has 2 aromatic rings. The molecular formula is C20H26N4O3. The smallest absolute Gasteiger partial charge is 0.253 e. The van der Waals surface area contributed by atoms with Crippen LogP contribution >= 0.6 is 0 Å². The van der Waals surface area contributed by atoms with Crippen LogP contribution < -0.4 is 5.32 Å². The van der Waals surface area contributed by atoms with E-state index in [0.717, 1.165) is 18.7 Å². The maximum Gasteiger partial charge on any atom is 0.253 e. The Bertz CT molecular complexity index is 810. The minimum absolute atomic E-state index is 0.0263. The van der Waals surface area contributed by atoms with Crippen molar-refractivity contribution in [3.8, 4) is 0 Å². The molecule has 1 saturated heterocycles. The number of aryl methyl sites for hydroxylation is 1. The fourth-order valence-electron chi connectivity index (χ4n) is 3.64. The van der Waals surface area contributed by atoms with Crippen LogP contribution in [0.2, 0.25) is 0 Å². The van der Waals surface area contributed by atoms with Gasteiger partial charge in [0, 0.05) is 44.6 Å². The van der Waals surface area contributed by atoms with Crippen molar-refractivity contribution >= 4 is 11.7 Å². The molecule has 0 radical (unpaired) electrons. The van der Waals surface area contributed by atoms with Crippen LogP contribution in [0.3, 0.4) is 0 Å². The van der Waals surface area contributed by atoms with Gasteiger partial charge in [-0.05, 0) is 31.0 Å². The molecule has 27 heavy (non-hydrogen) atoms. The first kappa shape index (κ1) is 19.3. The SMILES string of the molecule is CC(=O)c1[nH]c(C)c(C(=O)NCC(c2cccnc2)N2CCOCC2)c1C. The molecule has 1 amide bonds. The number of nitrogens with one attached hydrogen (secondary N) is 2. The zero-order valence-electron chi connectivity index (χ0n) is 16.0. The number of ether oxygens (including phenoxy) is 1. The molecule has 0 aromatic carbocycles. The highest BCUT2D eigenvalue weighted by molar-refractivity contribution is 6.02. The van der Waals surface area contributed by atoms with Gasteiger partial charge in [-0.1, -0.05) is 6.07 Å². The summed E-state index contributed by atoms with van der Waals surface area (Å²) in [4.78, 5) is 34.1. The molecule has 0 saturated carbocycles. The van der Waals surface area contributed by atoms with E-state index in [4.69, 9.17) is 4.74 Å². The predicted octanol–water partition coefficient (Wildman–Crippen LogP) is 2.03. The summed E-state index contributed by atoms with van der Waals surface area (Å²) >= 11 is 0. The fourth-order valence-corrected chi connectivity index (χ4v) is 3.64. The Hall–Kier alpha value is -2.51. The first-order chi connectivity index (χ1) is 13.0. The monoisotopic (exact) mass is 370 g/mol. The fraction of sp³-hybridized carbons (Fsp3) is 0.450. The Labute approximate surface area is 159 Å². The third-order valence-electron chi connectivity index (χ3n) is 5.03. The second-order valence-electron chi connectivity index (χ2n) is 6.84. The summed E-state index contributed by atoms with van der Waals surface area (Å²) < 4.78 is 5.46. The maximum absolute atomic E-state index is 12.8. The van der Waals surface area contributed by atoms with Gasteiger partial charge in [0.05, 0.1) is 30.5 Å². The van der Waals surface area contributed by atoms with Crippen LogP contribution in [0.15, 0.2) is 24.5 Å². The standard InChI is InChI=1S/C20H26N4O3/c1-13-18(14(2)23-19(13)15(3)25)20(26)22-12-17(16-5-4-6-21-11-16)24-7-9-27-10-8-24/h4-6,11,17,23H,7-10,12H2,1-3H3,(H,22,26). The largest absolute Gasteiger partial charge is 0.379 e. The molecule has 1 aliphatic heterocycles. The molecule has 2 N–H and O–H groups in total. The molecule has 0 bridgehead atoms. The number of Topliss-reactive ketones (excluding diaryl/α,β-unsaturated/α-hetero) is 1. The number of morpholine rings is 1. The van der Waals surface area contributed by atoms with E-state index in [0.29, 0.717) is 42.3 Å². The number of carbonyl (C=O) groups excluding carboxylic acids is 2. The van der Waals surface area contributed by atoms with Gasteiger partial charge >= 0.3 is 0 Å². The van der Waals surface area contributed by atoms with Crippen LogP contribution in [0.1, 0.15) is 50.6 Å². The van der Waals surface area contributed by atoms with Crippen LogP contribution in [0, 0.1) is 13.8 Å². The zero-order chi connectivity index (χ0) is 19.4. The molecule has 0 spiro atoms. The van der Waals surface area contributed by atoms with Gasteiger partial charge in [0.2, 0.25) is 0 Å². The number of hydrogen-bond acceptors (Lipinski definition) is 5. The highest BCUT2D eigenvalue weighted by Crippen LogP contribution is 2.22. The van der Waals surface area contributed by atoms with Crippen molar-refractivity contribution in [2.45, 2.75) is 26.8 Å². The van der Waals surface area contributed by atoms with Gasteiger partial charge in [-0.15, -0.1) is 0 Å². The molecule has 1 atom stereocenters. The van der Waals surface area contributed by atoms with Crippen LogP contribution in [0.5, 0.6) is 0 Å². The van der Waals surface area contributed by atoms with Gasteiger partial charge in [-0.25, -0.2) is 0 Å². The number of carbonyl (C=O) groups is 2. The lowest BCUT2D eigenvalue weighted by molar-refractivity contribution is 0.0161. The molecule has 0 aliphatic carbocycles. The summed E-state index contributed by atoms with van der Waals surface area (Å²) in [7, 11) is 0. The molecule has 2 aromatic heterocycles. The Morgan fingerprint density at radius 3 is 2.67 bits per heavy atom. The van der Waals surface area contributed by atoms with Crippen LogP contribution in [0.25, 0.3) is 0 Å². The van der Waals surface area contributed by atoms with E-state index in [2.05, 4.69) is 20.2 Å². The van der Waals surface area contributed by atoms with Gasteiger partial charge in [-0.3, -0.25) is 19.5 Å². The third kappa shape index (κ3) is 4.26. The normalized spacial score (nSPS) is 16.1. The average molecular weight is 370 g/mol. The quantitative estimate of drug-likeness (QED) is 0.760. The van der Waals surface area contributed by atoms with Crippen molar-refractivity contribution < 1.29 is 14.3 Å². The Balaban J connectivity index is 1.77. The number of nitrogens with zero attached hydrogens (tertiary/aromatic N) is 2. The second kappa shape index (κ2) is 8.45. The lowest BCUT2D eigenvalue weighted by Gasteiger charge is -2.34. The molecule has 1 aliphatic rings. The number of pyridine rings is 1. The summed E-state index contributed by atoms with van der Waals surface area (Å²) in [5.41, 5.74) is 3.51. The third-order valence-corrected chi connectivity index (χ3v) is 5.03. The number of hydrogen-bond donors (Lipinski definition) is 2. The number of amides is 1. The van der Waals surface area contributed by atoms with Crippen molar-refractivity contribution in [3.05, 3.63) is 52.6 Å². The van der Waals surface area contributed by atoms with E-state index in [9.17, 15) is 9.59 Å². The van der Waals surface area contributed by atoms with E-state index in [1.165, 1.54) is 6.92 Å². The van der Waals surface area contributed by atoms with Crippen molar-refractivity contribution in [1.29, 1.82) is 0 Å². The predicted molar refractivity (Wildman–Crippen MR) is 102 cm³/mol. The van der Waals surface area contributed by atoms with Gasteiger partial charge in [0.1, 0.15) is 0 Å². The molecule has 3 rings (SSSR count). The summed E-state index contributed by atoms with van der Waals surface area (Å²) in [6.45, 7) is 8.56. The first-order valence-corrected chi connectivity index (χ1v) is 9.19. The van der Waals surface area contributed by atoms with Gasteiger partial charge in [-0.2, -0.15) is 0 Å². The van der Waals surface area contributed by atoms with Gasteiger partial charge in [0.25, 0.3) is 5.91 Å². The Kier molecular flexibility index (Phi) is 6.03. The van der Waals surface area contributed by atoms with Crippen molar-refractivity contribution in [1.82, 2.24) is 20.2 Å². The number of aromatic nitrogens is 2. The van der Waals surface area contributed by atoms with Crippen LogP contribution in [0.4, 0.5) is 0 Å². The number of rotatable bonds is 6. The van der Waals surface area contributed by atoms with Crippen molar-refractivity contribution in [2.24, 2.45) is 0 Å². The van der Waals surface area contributed by atoms with Gasteiger partial charge in [0.15, 0.2) is 5.78 Å². The van der Waals surface area contributed by atoms with Crippen LogP contribution in [-0.4, -0.2) is 59.4 Å². The van der Waals surface area contributed by atoms with E-state index in [1.54, 1.807) is 13.1 Å². The van der Waals surface area contributed by atoms with E-state index < -0.39 is 0 Å². The average Bonchev–Trinajstić information content (AvgIpc) is 2.98. The molecule has 1 fully saturated rings. The second-order valence-corrected chi connectivity index (χ2v) is 6.84. The lowest BCUT2D eigenvalue weighted by Crippen LogP contribution is -2.44. The Morgan fingerprint density at radius 1 is 1.33 bits per heavy atom. The van der Waals surface area contributed by atoms with Gasteiger partial charge < -0.3 is 15.0 Å². The van der Waals surface area contributed by atoms with Crippen LogP contribution in [-0.2, 0) is 4.74 Å². The molecule has 7 heteroatoms. The van der Waals surface area contributed by atoms with E-state index in [1.807, 2.05) is 25.3 Å². The van der Waals surface area contributed by atoms with E-state index in [-0.39, 0.29) is 17.7 Å². The summed E-state index contributed by atoms with van der Waals surface area (Å²) in [5.74, 6) is -0.243. The summed E-state index contributed by atoms with van der Waals surface area (Å²) in [6.07, 6.45) is 3.58. The Morgan fingerprint density at radius 2 is 2.07 bits per heavy atom. The molecule has 7 nitrogen and oxygen atoms in total. The summed E-state index contributed by atoms with van der Waals surface area (Å²) in [5, 5.41) is 3.05. The zero-order valence-corrected chi connectivity index (χ0v) is 16.0. The lowest BCUT2D eigenvalue weighted by atomic mass is 10.1. The minimum Gasteiger partial charge on any atom is -0.379 e. The number of H-pyrrole nitrogens is 1. The molecule has 1 unspecified atom stereocenters. The molecule has 3 heterocycles. The molecular weight excluding hydrogens is 344 g/mol. The van der Waals surface area contributed by atoms with Crippen molar-refractivity contribution in [3.63, 3.8) is 0 Å². The summed E-state index contributed by atoms with van der Waals surface area (Å²) in [6, 6.07) is 3.96. The number of ketones is 1. The highest BCUT2D eigenvalue weighted by atomic mass is 16.5. The molecule has 144 valence electrons. The first-order valence-electron chi connectivity index (χ1n) is 9.19. The van der Waals surface area contributed by atoms with E-state index >= 15 is 0 Å². The van der Waals surface area contributed by atoms with Crippen molar-refractivity contribution in [2.75, 3.05) is 32.8 Å². The minimum atomic E-state index is -0.170. The number of aromatic amines is 1. The topological polar surface area (TPSA) is 87.3 Å². The highest BCUT2D eigenvalue weighted by Gasteiger charge is 2.25. The maximum atomic E-state index is 12.8.